The smallest absolute Gasteiger partial charge is 0.270 e. The molecule has 0 bridgehead atoms. The molecule has 17 aromatic rings. The molecule has 4 aromatic heterocycles. The largest absolute Gasteiger partial charge is 0.458 e. The summed E-state index contributed by atoms with van der Waals surface area (Å²) < 4.78 is 66.2. The summed E-state index contributed by atoms with van der Waals surface area (Å²) >= 11 is -3.51. The molecule has 13 aromatic carbocycles. The van der Waals surface area contributed by atoms with E-state index < -0.39 is 21.2 Å². The number of para-hydroxylation sites is 2. The molecule has 0 fully saturated rings. The maximum Gasteiger partial charge on any atom is 0.270 e. The van der Waals surface area contributed by atoms with Crippen LogP contribution in [-0.4, -0.2) is 61.2 Å². The summed E-state index contributed by atoms with van der Waals surface area (Å²) in [6, 6.07) is 105. The Kier molecular flexibility index (Phi) is 18.4. The zero-order chi connectivity index (χ0) is 84.7. The predicted molar refractivity (Wildman–Crippen MR) is 514 cm³/mol. The second-order valence-electron chi connectivity index (χ2n) is 34.2. The van der Waals surface area contributed by atoms with Crippen LogP contribution >= 0.6 is 0 Å². The molecule has 0 aliphatic carbocycles. The van der Waals surface area contributed by atoms with Crippen molar-refractivity contribution < 1.29 is 42.6 Å². The molecular weight excluding hydrogens is 1770 g/mol. The first kappa shape index (κ1) is 76.0. The number of hydrogen-bond donors (Lipinski definition) is 0. The SMILES string of the molecule is CCCCC[CH2][Pb]1([CH2]CCCCC)[c]2ccccc2N(c2cc3c4c(c2)Oc2c(-c5ccccn5)cc(-c5ccccn5)c5c2B4c2c(c(-c4ccccn4)cc(-c4ccccn4)c2O5)O3)c2cccc[c]21.c1cc2c3c(c1)Oc1cccc4c1B3c1c(cccc1O4)O2.c1ccc(-c2ccc3c4c2Oc2c(-c5ccccc5)ccc5c2B4c2c(cccc2O5)O3)cc1. The summed E-state index contributed by atoms with van der Waals surface area (Å²) in [5.74, 6) is 14.6. The zero-order valence-electron chi connectivity index (χ0n) is 70.4. The molecule has 14 heterocycles. The summed E-state index contributed by atoms with van der Waals surface area (Å²) in [6.07, 6.45) is 17.5. The van der Waals surface area contributed by atoms with Gasteiger partial charge in [0.05, 0.1) is 0 Å². The molecule has 0 saturated carbocycles. The Morgan fingerprint density at radius 3 is 0.898 bits per heavy atom. The maximum atomic E-state index is 7.50. The molecule has 0 N–H and O–H groups in total. The molecule has 0 saturated heterocycles. The third kappa shape index (κ3) is 12.1. The van der Waals surface area contributed by atoms with E-state index in [-0.39, 0.29) is 20.1 Å². The van der Waals surface area contributed by atoms with Crippen LogP contribution in [0.25, 0.3) is 67.3 Å². The topological polar surface area (TPSA) is 138 Å². The summed E-state index contributed by atoms with van der Waals surface area (Å²) in [5.41, 5.74) is 23.8. The van der Waals surface area contributed by atoms with Crippen LogP contribution in [-0.2, 0) is 0 Å². The summed E-state index contributed by atoms with van der Waals surface area (Å²) in [6.45, 7) is 4.40. The Balaban J connectivity index is 0.000000128. The van der Waals surface area contributed by atoms with Crippen molar-refractivity contribution in [3.05, 3.63) is 328 Å². The Bertz CT molecular complexity index is 6860. The average Bonchev–Trinajstić information content (AvgIpc) is 0.750. The summed E-state index contributed by atoms with van der Waals surface area (Å²) in [4.78, 5) is 22.3. The average molecular weight is 1860 g/mol. The third-order valence-corrected chi connectivity index (χ3v) is 47.7. The number of anilines is 3. The first-order valence-electron chi connectivity index (χ1n) is 44.7. The fourth-order valence-electron chi connectivity index (χ4n) is 21.4. The van der Waals surface area contributed by atoms with Gasteiger partial charge in [0.1, 0.15) is 69.0 Å². The van der Waals surface area contributed by atoms with Crippen LogP contribution in [0.1, 0.15) is 65.2 Å². The van der Waals surface area contributed by atoms with Gasteiger partial charge in [-0.1, -0.05) is 97.1 Å². The van der Waals surface area contributed by atoms with Crippen LogP contribution in [0.15, 0.2) is 328 Å². The number of fused-ring (bicyclic) bond motifs is 2. The van der Waals surface area contributed by atoms with E-state index in [9.17, 15) is 0 Å². The van der Waals surface area contributed by atoms with E-state index in [1.54, 1.807) is 6.25 Å². The first-order valence-corrected chi connectivity index (χ1v) is 54.1. The number of unbranched alkanes of at least 4 members (excludes halogenated alkanes) is 6. The number of rotatable bonds is 17. The van der Waals surface area contributed by atoms with Gasteiger partial charge >= 0.3 is 359 Å². The van der Waals surface area contributed by atoms with Crippen molar-refractivity contribution in [3.63, 3.8) is 0 Å². The van der Waals surface area contributed by atoms with E-state index in [0.717, 1.165) is 203 Å². The van der Waals surface area contributed by atoms with Gasteiger partial charge in [-0.15, -0.1) is 0 Å². The minimum Gasteiger partial charge on any atom is -0.458 e. The molecule has 0 amide bonds. The first-order chi connectivity index (χ1) is 63.4. The number of benzene rings is 13. The van der Waals surface area contributed by atoms with Crippen LogP contribution in [0.3, 0.4) is 0 Å². The van der Waals surface area contributed by atoms with E-state index in [4.69, 9.17) is 62.6 Å². The molecule has 0 radical (unpaired) electrons. The van der Waals surface area contributed by atoms with Crippen LogP contribution < -0.4 is 103 Å². The van der Waals surface area contributed by atoms with Gasteiger partial charge in [0, 0.05) is 56.3 Å². The molecule has 0 spiro atoms. The molecule has 128 heavy (non-hydrogen) atoms. The van der Waals surface area contributed by atoms with E-state index in [2.05, 4.69) is 176 Å². The number of ether oxygens (including phenoxy) is 9. The number of nitrogens with zero attached hydrogens (tertiary/aromatic N) is 5. The fraction of sp³-hybridized carbons (Fsp3) is 0.109. The van der Waals surface area contributed by atoms with Gasteiger partial charge in [0.25, 0.3) is 13.4 Å². The van der Waals surface area contributed by atoms with Crippen LogP contribution in [0.2, 0.25) is 7.96 Å². The van der Waals surface area contributed by atoms with Gasteiger partial charge in [-0.3, -0.25) is 9.97 Å². The van der Waals surface area contributed by atoms with E-state index >= 15 is 0 Å². The minimum absolute atomic E-state index is 0.00947. The zero-order valence-corrected chi connectivity index (χ0v) is 74.3. The second-order valence-corrected chi connectivity index (χ2v) is 50.7. The Labute approximate surface area is 747 Å². The van der Waals surface area contributed by atoms with Crippen molar-refractivity contribution in [2.75, 3.05) is 4.90 Å². The predicted octanol–water partition coefficient (Wildman–Crippen LogP) is 21.6. The summed E-state index contributed by atoms with van der Waals surface area (Å²) in [7, 11) is 0. The molecule has 10 aliphatic heterocycles. The molecule has 14 nitrogen and oxygen atoms in total. The molecular formula is C110H80B3N5O9Pb. The third-order valence-electron chi connectivity index (χ3n) is 27.0. The van der Waals surface area contributed by atoms with Gasteiger partial charge in [-0.25, -0.2) is 0 Å². The van der Waals surface area contributed by atoms with Gasteiger partial charge in [0.15, 0.2) is 0 Å². The van der Waals surface area contributed by atoms with E-state index in [1.165, 1.54) is 70.7 Å². The normalized spacial score (nSPS) is 13.8. The molecule has 27 rings (SSSR count). The van der Waals surface area contributed by atoms with Crippen LogP contribution in [0.5, 0.6) is 103 Å². The van der Waals surface area contributed by atoms with Crippen molar-refractivity contribution in [2.24, 2.45) is 0 Å². The van der Waals surface area contributed by atoms with Gasteiger partial charge in [0.2, 0.25) is 0 Å². The Hall–Kier alpha value is -14.4. The van der Waals surface area contributed by atoms with Gasteiger partial charge in [-0.05, 0) is 120 Å². The van der Waals surface area contributed by atoms with Crippen molar-refractivity contribution in [1.82, 2.24) is 19.9 Å². The standard InChI is InChI=1S/C50H28BN5O3.C30H17BO3.C18H9BO3.2C6H13.Pb/c1-3-15-31(16-4-1)56(32-17-5-2-6-18-32)33-27-42-44-43(28-33)58-48-35(39-20-8-12-24-53-39)30-37(41-22-10-14-26-55-41)50-46(48)51(44)45-47(57-42)34(38-19-7-11-23-52-38)29-36(49(45)59-50)40-21-9-13-25-54-40;1-3-8-18(9-4-1)20-14-16-24-27-29(20)34-30-21(19-10-5-2-6-11-19)15-17-25-28(30)31(27)26-22(32-24)12-7-13-23(26)33-25;1-4-10-16-11(5-1)21-13-7-3-9-15-18(13)19(16)17-12(20-10)6-2-8-14(17)22-15;2*1-3-5-6-4-2;/h1-15,17,19-30H;1-17H;1-9H;2*1,3-6H2,2H3;. The molecule has 0 atom stereocenters. The van der Waals surface area contributed by atoms with Crippen LogP contribution in [0, 0.1) is 0 Å². The molecule has 0 unspecified atom stereocenters. The van der Waals surface area contributed by atoms with Crippen molar-refractivity contribution in [2.45, 2.75) is 73.2 Å². The van der Waals surface area contributed by atoms with Crippen molar-refractivity contribution >= 4 is 114 Å². The molecule has 18 heteroatoms. The molecule has 612 valence electrons. The summed E-state index contributed by atoms with van der Waals surface area (Å²) in [5, 5.41) is 0. The van der Waals surface area contributed by atoms with Crippen LogP contribution in [0.4, 0.5) is 17.1 Å². The fourth-order valence-corrected chi connectivity index (χ4v) is 42.9. The number of hydrogen-bond acceptors (Lipinski definition) is 14. The number of aromatic nitrogens is 4. The number of pyridine rings is 4. The maximum absolute atomic E-state index is 7.50. The van der Waals surface area contributed by atoms with E-state index in [1.807, 2.05) is 170 Å². The van der Waals surface area contributed by atoms with Gasteiger partial charge < -0.3 is 28.4 Å². The Morgan fingerprint density at radius 2 is 0.547 bits per heavy atom. The van der Waals surface area contributed by atoms with Gasteiger partial charge in [-0.2, -0.15) is 0 Å². The monoisotopic (exact) mass is 1860 g/mol. The van der Waals surface area contributed by atoms with Crippen molar-refractivity contribution in [3.8, 4) is 171 Å². The quantitative estimate of drug-likeness (QED) is 0.0631. The molecule has 10 aliphatic rings. The second kappa shape index (κ2) is 31.0. The Morgan fingerprint density at radius 1 is 0.242 bits per heavy atom. The van der Waals surface area contributed by atoms with Crippen molar-refractivity contribution in [1.29, 1.82) is 0 Å². The van der Waals surface area contributed by atoms with E-state index in [0.29, 0.717) is 23.0 Å². The minimum atomic E-state index is -3.51.